The van der Waals surface area contributed by atoms with E-state index >= 15 is 0 Å². The van der Waals surface area contributed by atoms with Crippen molar-refractivity contribution in [2.75, 3.05) is 0 Å². The number of aryl methyl sites for hydroxylation is 2. The maximum absolute atomic E-state index is 13.0. The zero-order valence-corrected chi connectivity index (χ0v) is 8.42. The number of hydrogen-bond acceptors (Lipinski definition) is 0. The van der Waals surface area contributed by atoms with E-state index in [1.54, 1.807) is 6.07 Å². The van der Waals surface area contributed by atoms with Crippen molar-refractivity contribution in [3.63, 3.8) is 0 Å². The van der Waals surface area contributed by atoms with Crippen LogP contribution in [0.3, 0.4) is 0 Å². The van der Waals surface area contributed by atoms with Gasteiger partial charge in [0, 0.05) is 12.1 Å². The Hall–Kier alpha value is -1.44. The van der Waals surface area contributed by atoms with Crippen LogP contribution in [0, 0.1) is 12.7 Å². The van der Waals surface area contributed by atoms with Gasteiger partial charge < -0.3 is 0 Å². The van der Waals surface area contributed by atoms with Gasteiger partial charge in [0.05, 0.1) is 5.39 Å². The monoisotopic (exact) mass is 190 g/mol. The molecule has 2 rings (SSSR count). The number of aromatic nitrogens is 1. The largest absolute Gasteiger partial charge is 0.212 e. The summed E-state index contributed by atoms with van der Waals surface area (Å²) in [4.78, 5) is 0. The van der Waals surface area contributed by atoms with Gasteiger partial charge in [0.2, 0.25) is 5.52 Å². The summed E-state index contributed by atoms with van der Waals surface area (Å²) in [7, 11) is 0. The molecule has 0 saturated carbocycles. The lowest BCUT2D eigenvalue weighted by Gasteiger charge is -2.01. The molecule has 0 fully saturated rings. The quantitative estimate of drug-likeness (QED) is 0.608. The minimum Gasteiger partial charge on any atom is -0.207 e. The topological polar surface area (TPSA) is 3.88 Å². The molecule has 0 saturated heterocycles. The Balaban J connectivity index is 2.84. The third kappa shape index (κ3) is 1.37. The van der Waals surface area contributed by atoms with Crippen LogP contribution in [0.1, 0.15) is 12.5 Å². The molecule has 1 heterocycles. The van der Waals surface area contributed by atoms with Gasteiger partial charge in [-0.1, -0.05) is 0 Å². The molecule has 0 unspecified atom stereocenters. The fraction of sp³-hybridized carbons (Fsp3) is 0.250. The molecule has 14 heavy (non-hydrogen) atoms. The zero-order chi connectivity index (χ0) is 10.1. The molecule has 0 amide bonds. The van der Waals surface area contributed by atoms with E-state index in [1.165, 1.54) is 6.07 Å². The molecule has 2 heteroatoms. The van der Waals surface area contributed by atoms with E-state index < -0.39 is 0 Å². The normalized spacial score (nSPS) is 10.8. The minimum absolute atomic E-state index is 0.172. The highest BCUT2D eigenvalue weighted by molar-refractivity contribution is 5.78. The zero-order valence-electron chi connectivity index (χ0n) is 8.42. The first-order valence-electron chi connectivity index (χ1n) is 4.80. The summed E-state index contributed by atoms with van der Waals surface area (Å²) in [6.07, 6.45) is 2.04. The Morgan fingerprint density at radius 3 is 2.79 bits per heavy atom. The van der Waals surface area contributed by atoms with Crippen LogP contribution in [-0.4, -0.2) is 0 Å². The van der Waals surface area contributed by atoms with Gasteiger partial charge in [-0.05, 0) is 31.5 Å². The SMILES string of the molecule is CC[n+]1ccc(C)c2cc(F)ccc21. The molecule has 0 N–H and O–H groups in total. The van der Waals surface area contributed by atoms with E-state index in [9.17, 15) is 4.39 Å². The van der Waals surface area contributed by atoms with Crippen molar-refractivity contribution in [2.24, 2.45) is 0 Å². The van der Waals surface area contributed by atoms with Gasteiger partial charge in [-0.15, -0.1) is 0 Å². The van der Waals surface area contributed by atoms with Crippen molar-refractivity contribution < 1.29 is 8.96 Å². The van der Waals surface area contributed by atoms with Gasteiger partial charge in [-0.3, -0.25) is 0 Å². The predicted octanol–water partition coefficient (Wildman–Crippen LogP) is 2.59. The molecule has 2 aromatic rings. The maximum Gasteiger partial charge on any atom is 0.212 e. The molecule has 0 bridgehead atoms. The van der Waals surface area contributed by atoms with E-state index in [1.807, 2.05) is 25.3 Å². The van der Waals surface area contributed by atoms with Crippen LogP contribution in [0.15, 0.2) is 30.5 Å². The van der Waals surface area contributed by atoms with Crippen LogP contribution in [0.25, 0.3) is 10.9 Å². The summed E-state index contributed by atoms with van der Waals surface area (Å²) in [5.41, 5.74) is 2.21. The maximum atomic E-state index is 13.0. The molecular formula is C12H13FN+. The van der Waals surface area contributed by atoms with E-state index in [0.717, 1.165) is 23.0 Å². The predicted molar refractivity (Wildman–Crippen MR) is 54.5 cm³/mol. The number of hydrogen-bond donors (Lipinski definition) is 0. The Morgan fingerprint density at radius 2 is 2.07 bits per heavy atom. The molecule has 0 aliphatic carbocycles. The van der Waals surface area contributed by atoms with Crippen molar-refractivity contribution >= 4 is 10.9 Å². The van der Waals surface area contributed by atoms with Crippen molar-refractivity contribution in [3.05, 3.63) is 41.8 Å². The highest BCUT2D eigenvalue weighted by Crippen LogP contribution is 2.15. The van der Waals surface area contributed by atoms with E-state index in [2.05, 4.69) is 11.5 Å². The van der Waals surface area contributed by atoms with Crippen molar-refractivity contribution in [1.82, 2.24) is 0 Å². The number of benzene rings is 1. The number of pyridine rings is 1. The van der Waals surface area contributed by atoms with Gasteiger partial charge in [0.1, 0.15) is 12.4 Å². The molecule has 0 spiro atoms. The second kappa shape index (κ2) is 3.37. The molecule has 1 aromatic heterocycles. The van der Waals surface area contributed by atoms with Crippen LogP contribution >= 0.6 is 0 Å². The van der Waals surface area contributed by atoms with E-state index in [-0.39, 0.29) is 5.82 Å². The fourth-order valence-electron chi connectivity index (χ4n) is 1.72. The first kappa shape index (κ1) is 9.13. The van der Waals surface area contributed by atoms with Crippen LogP contribution in [0.2, 0.25) is 0 Å². The number of fused-ring (bicyclic) bond motifs is 1. The summed E-state index contributed by atoms with van der Waals surface area (Å²) in [5.74, 6) is -0.172. The molecule has 0 aliphatic heterocycles. The van der Waals surface area contributed by atoms with Gasteiger partial charge >= 0.3 is 0 Å². The molecule has 0 atom stereocenters. The smallest absolute Gasteiger partial charge is 0.207 e. The summed E-state index contributed by atoms with van der Waals surface area (Å²) >= 11 is 0. The highest BCUT2D eigenvalue weighted by Gasteiger charge is 2.09. The average molecular weight is 190 g/mol. The molecular weight excluding hydrogens is 177 g/mol. The van der Waals surface area contributed by atoms with Crippen LogP contribution < -0.4 is 4.57 Å². The summed E-state index contributed by atoms with van der Waals surface area (Å²) < 4.78 is 15.2. The molecule has 1 nitrogen and oxygen atoms in total. The Morgan fingerprint density at radius 1 is 1.29 bits per heavy atom. The number of rotatable bonds is 1. The standard InChI is InChI=1S/C12H13FN/c1-3-14-7-6-9(2)11-8-10(13)4-5-12(11)14/h4-8H,3H2,1-2H3/q+1. The Bertz CT molecular complexity index is 477. The fourth-order valence-corrected chi connectivity index (χ4v) is 1.72. The van der Waals surface area contributed by atoms with Gasteiger partial charge in [0.25, 0.3) is 0 Å². The van der Waals surface area contributed by atoms with Gasteiger partial charge in [-0.25, -0.2) is 4.39 Å². The van der Waals surface area contributed by atoms with Crippen molar-refractivity contribution in [2.45, 2.75) is 20.4 Å². The van der Waals surface area contributed by atoms with Crippen LogP contribution in [0.4, 0.5) is 4.39 Å². The molecule has 0 aliphatic rings. The van der Waals surface area contributed by atoms with Gasteiger partial charge in [0.15, 0.2) is 6.20 Å². The molecule has 0 radical (unpaired) electrons. The Labute approximate surface area is 82.8 Å². The number of halogens is 1. The summed E-state index contributed by atoms with van der Waals surface area (Å²) in [6, 6.07) is 6.96. The Kier molecular flexibility index (Phi) is 2.20. The second-order valence-corrected chi connectivity index (χ2v) is 3.45. The first-order chi connectivity index (χ1) is 6.72. The van der Waals surface area contributed by atoms with Crippen molar-refractivity contribution in [3.8, 4) is 0 Å². The average Bonchev–Trinajstić information content (AvgIpc) is 2.19. The third-order valence-electron chi connectivity index (χ3n) is 2.54. The first-order valence-corrected chi connectivity index (χ1v) is 4.80. The van der Waals surface area contributed by atoms with E-state index in [4.69, 9.17) is 0 Å². The van der Waals surface area contributed by atoms with Gasteiger partial charge in [-0.2, -0.15) is 4.57 Å². The number of nitrogens with zero attached hydrogens (tertiary/aromatic N) is 1. The lowest BCUT2D eigenvalue weighted by molar-refractivity contribution is -0.667. The third-order valence-corrected chi connectivity index (χ3v) is 2.54. The van der Waals surface area contributed by atoms with Crippen LogP contribution in [-0.2, 0) is 6.54 Å². The lowest BCUT2D eigenvalue weighted by Crippen LogP contribution is -2.32. The van der Waals surface area contributed by atoms with E-state index in [0.29, 0.717) is 0 Å². The highest BCUT2D eigenvalue weighted by atomic mass is 19.1. The summed E-state index contributed by atoms with van der Waals surface area (Å²) in [5, 5.41) is 0.995. The molecule has 72 valence electrons. The lowest BCUT2D eigenvalue weighted by atomic mass is 10.1. The minimum atomic E-state index is -0.172. The molecule has 1 aromatic carbocycles. The van der Waals surface area contributed by atoms with Crippen LogP contribution in [0.5, 0.6) is 0 Å². The summed E-state index contributed by atoms with van der Waals surface area (Å²) in [6.45, 7) is 4.99. The van der Waals surface area contributed by atoms with Crippen molar-refractivity contribution in [1.29, 1.82) is 0 Å². The second-order valence-electron chi connectivity index (χ2n) is 3.45.